The molecule has 0 atom stereocenters. The second-order valence-corrected chi connectivity index (χ2v) is 5.44. The van der Waals surface area contributed by atoms with Crippen LogP contribution < -0.4 is 5.32 Å². The summed E-state index contributed by atoms with van der Waals surface area (Å²) in [5.74, 6) is 0.0749. The van der Waals surface area contributed by atoms with Crippen LogP contribution in [0.3, 0.4) is 0 Å². The lowest BCUT2D eigenvalue weighted by atomic mass is 9.90. The van der Waals surface area contributed by atoms with Crippen molar-refractivity contribution in [2.24, 2.45) is 5.41 Å². The Morgan fingerprint density at radius 1 is 1.32 bits per heavy atom. The maximum atomic E-state index is 12.6. The Balaban J connectivity index is 2.82. The lowest BCUT2D eigenvalue weighted by Crippen LogP contribution is -2.24. The van der Waals surface area contributed by atoms with E-state index in [-0.39, 0.29) is 23.0 Å². The van der Waals surface area contributed by atoms with Gasteiger partial charge in [-0.1, -0.05) is 25.4 Å². The van der Waals surface area contributed by atoms with Crippen LogP contribution in [0.25, 0.3) is 0 Å². The molecule has 0 aliphatic rings. The number of nitrogens with one attached hydrogen (secondary N) is 1. The molecule has 2 N–H and O–H groups in total. The van der Waals surface area contributed by atoms with Crippen molar-refractivity contribution < 1.29 is 18.3 Å². The Labute approximate surface area is 114 Å². The molecule has 0 saturated carbocycles. The van der Waals surface area contributed by atoms with Gasteiger partial charge in [-0.2, -0.15) is 13.2 Å². The molecule has 1 aromatic heterocycles. The standard InChI is InChI=1S/C12H16ClF3N2O/c1-11(2,3-4-19)7-17-10-6-8(12(14,15)16)5-9(13)18-10/h5-6,19H,3-4,7H2,1-2H3,(H,17,18). The molecule has 0 fully saturated rings. The van der Waals surface area contributed by atoms with Crippen molar-refractivity contribution in [3.8, 4) is 0 Å². The quantitative estimate of drug-likeness (QED) is 0.817. The number of aliphatic hydroxyl groups is 1. The molecule has 1 rings (SSSR count). The fourth-order valence-corrected chi connectivity index (χ4v) is 1.68. The van der Waals surface area contributed by atoms with Crippen LogP contribution in [0.1, 0.15) is 25.8 Å². The van der Waals surface area contributed by atoms with E-state index in [4.69, 9.17) is 16.7 Å². The molecule has 0 radical (unpaired) electrons. The van der Waals surface area contributed by atoms with Crippen LogP contribution in [0, 0.1) is 5.41 Å². The number of hydrogen-bond donors (Lipinski definition) is 2. The molecular weight excluding hydrogens is 281 g/mol. The van der Waals surface area contributed by atoms with E-state index in [2.05, 4.69) is 10.3 Å². The molecule has 3 nitrogen and oxygen atoms in total. The average Bonchev–Trinajstić information content (AvgIpc) is 2.24. The van der Waals surface area contributed by atoms with Crippen molar-refractivity contribution >= 4 is 17.4 Å². The molecule has 0 amide bonds. The van der Waals surface area contributed by atoms with Crippen molar-refractivity contribution in [1.82, 2.24) is 4.98 Å². The molecule has 1 aromatic rings. The predicted molar refractivity (Wildman–Crippen MR) is 68.2 cm³/mol. The third kappa shape index (κ3) is 5.24. The highest BCUT2D eigenvalue weighted by atomic mass is 35.5. The zero-order valence-corrected chi connectivity index (χ0v) is 11.4. The highest BCUT2D eigenvalue weighted by Gasteiger charge is 2.31. The Morgan fingerprint density at radius 2 is 1.95 bits per heavy atom. The van der Waals surface area contributed by atoms with Crippen molar-refractivity contribution in [2.45, 2.75) is 26.4 Å². The molecule has 19 heavy (non-hydrogen) atoms. The van der Waals surface area contributed by atoms with Gasteiger partial charge in [0, 0.05) is 13.2 Å². The van der Waals surface area contributed by atoms with Crippen LogP contribution in [-0.2, 0) is 6.18 Å². The van der Waals surface area contributed by atoms with Gasteiger partial charge < -0.3 is 10.4 Å². The highest BCUT2D eigenvalue weighted by Crippen LogP contribution is 2.32. The molecule has 0 aliphatic heterocycles. The number of halogens is 4. The first-order valence-corrected chi connectivity index (χ1v) is 6.11. The summed E-state index contributed by atoms with van der Waals surface area (Å²) in [6.45, 7) is 4.19. The fourth-order valence-electron chi connectivity index (χ4n) is 1.47. The lowest BCUT2D eigenvalue weighted by Gasteiger charge is -2.24. The Hall–Kier alpha value is -1.01. The molecule has 0 aromatic carbocycles. The molecule has 0 spiro atoms. The SMILES string of the molecule is CC(C)(CCO)CNc1cc(C(F)(F)F)cc(Cl)n1. The third-order valence-electron chi connectivity index (χ3n) is 2.66. The Bertz CT molecular complexity index is 435. The number of aliphatic hydroxyl groups excluding tert-OH is 1. The van der Waals surface area contributed by atoms with Crippen LogP contribution in [0.2, 0.25) is 5.15 Å². The molecule has 1 heterocycles. The molecule has 0 aliphatic carbocycles. The number of nitrogens with zero attached hydrogens (tertiary/aromatic N) is 1. The van der Waals surface area contributed by atoms with E-state index in [0.717, 1.165) is 12.1 Å². The van der Waals surface area contributed by atoms with E-state index in [0.29, 0.717) is 13.0 Å². The van der Waals surface area contributed by atoms with Crippen molar-refractivity contribution in [3.05, 3.63) is 22.8 Å². The second kappa shape index (κ2) is 5.96. The minimum atomic E-state index is -4.45. The first kappa shape index (κ1) is 16.0. The van der Waals surface area contributed by atoms with Crippen LogP contribution in [0.15, 0.2) is 12.1 Å². The number of alkyl halides is 3. The van der Waals surface area contributed by atoms with Crippen LogP contribution in [-0.4, -0.2) is 23.2 Å². The van der Waals surface area contributed by atoms with Crippen LogP contribution >= 0.6 is 11.6 Å². The summed E-state index contributed by atoms with van der Waals surface area (Å²) in [6.07, 6.45) is -3.92. The largest absolute Gasteiger partial charge is 0.416 e. The molecule has 0 saturated heterocycles. The Morgan fingerprint density at radius 3 is 2.47 bits per heavy atom. The summed E-state index contributed by atoms with van der Waals surface area (Å²) in [7, 11) is 0. The van der Waals surface area contributed by atoms with E-state index in [9.17, 15) is 13.2 Å². The summed E-state index contributed by atoms with van der Waals surface area (Å²) in [5.41, 5.74) is -1.09. The van der Waals surface area contributed by atoms with Gasteiger partial charge in [-0.3, -0.25) is 0 Å². The smallest absolute Gasteiger partial charge is 0.396 e. The van der Waals surface area contributed by atoms with Gasteiger partial charge in [0.25, 0.3) is 0 Å². The number of anilines is 1. The molecule has 0 bridgehead atoms. The van der Waals surface area contributed by atoms with E-state index in [1.807, 2.05) is 13.8 Å². The first-order valence-electron chi connectivity index (χ1n) is 5.73. The molecule has 0 unspecified atom stereocenters. The third-order valence-corrected chi connectivity index (χ3v) is 2.85. The van der Waals surface area contributed by atoms with E-state index in [1.165, 1.54) is 0 Å². The zero-order valence-electron chi connectivity index (χ0n) is 10.7. The van der Waals surface area contributed by atoms with E-state index in [1.54, 1.807) is 0 Å². The van der Waals surface area contributed by atoms with Gasteiger partial charge in [-0.25, -0.2) is 4.98 Å². The Kier molecular flexibility index (Phi) is 5.04. The molecule has 7 heteroatoms. The number of rotatable bonds is 5. The van der Waals surface area contributed by atoms with E-state index >= 15 is 0 Å². The monoisotopic (exact) mass is 296 g/mol. The first-order chi connectivity index (χ1) is 8.64. The van der Waals surface area contributed by atoms with Gasteiger partial charge in [-0.15, -0.1) is 0 Å². The fraction of sp³-hybridized carbons (Fsp3) is 0.583. The maximum absolute atomic E-state index is 12.6. The predicted octanol–water partition coefficient (Wildman–Crippen LogP) is 3.57. The molecular formula is C12H16ClF3N2O. The van der Waals surface area contributed by atoms with Gasteiger partial charge >= 0.3 is 6.18 Å². The van der Waals surface area contributed by atoms with Gasteiger partial charge in [0.2, 0.25) is 0 Å². The zero-order chi connectivity index (χ0) is 14.7. The van der Waals surface area contributed by atoms with Gasteiger partial charge in [0.15, 0.2) is 0 Å². The minimum absolute atomic E-state index is 0.0193. The maximum Gasteiger partial charge on any atom is 0.416 e. The van der Waals surface area contributed by atoms with Gasteiger partial charge in [-0.05, 0) is 24.0 Å². The summed E-state index contributed by atoms with van der Waals surface area (Å²) >= 11 is 5.58. The average molecular weight is 297 g/mol. The number of hydrogen-bond acceptors (Lipinski definition) is 3. The number of pyridine rings is 1. The van der Waals surface area contributed by atoms with Crippen LogP contribution in [0.5, 0.6) is 0 Å². The van der Waals surface area contributed by atoms with Crippen LogP contribution in [0.4, 0.5) is 19.0 Å². The van der Waals surface area contributed by atoms with Gasteiger partial charge in [0.1, 0.15) is 11.0 Å². The van der Waals surface area contributed by atoms with Gasteiger partial charge in [0.05, 0.1) is 5.56 Å². The van der Waals surface area contributed by atoms with Crippen molar-refractivity contribution in [2.75, 3.05) is 18.5 Å². The number of aromatic nitrogens is 1. The second-order valence-electron chi connectivity index (χ2n) is 5.05. The summed E-state index contributed by atoms with van der Waals surface area (Å²) in [6, 6.07) is 1.70. The van der Waals surface area contributed by atoms with Crippen molar-refractivity contribution in [3.63, 3.8) is 0 Å². The molecule has 108 valence electrons. The summed E-state index contributed by atoms with van der Waals surface area (Å²) in [5, 5.41) is 11.5. The summed E-state index contributed by atoms with van der Waals surface area (Å²) in [4.78, 5) is 3.80. The van der Waals surface area contributed by atoms with Crippen molar-refractivity contribution in [1.29, 1.82) is 0 Å². The van der Waals surface area contributed by atoms with E-state index < -0.39 is 11.7 Å². The highest BCUT2D eigenvalue weighted by molar-refractivity contribution is 6.29. The topological polar surface area (TPSA) is 45.1 Å². The lowest BCUT2D eigenvalue weighted by molar-refractivity contribution is -0.137. The minimum Gasteiger partial charge on any atom is -0.396 e. The summed E-state index contributed by atoms with van der Waals surface area (Å²) < 4.78 is 37.8. The normalized spacial score (nSPS) is 12.6.